The largest absolute Gasteiger partial charge is 0.399 e. The van der Waals surface area contributed by atoms with Crippen molar-refractivity contribution in [2.45, 2.75) is 18.3 Å². The Morgan fingerprint density at radius 3 is 2.22 bits per heavy atom. The Morgan fingerprint density at radius 2 is 1.65 bits per heavy atom. The van der Waals surface area contributed by atoms with E-state index in [1.165, 1.54) is 0 Å². The highest BCUT2D eigenvalue weighted by Crippen LogP contribution is 2.35. The minimum atomic E-state index is -0.237. The lowest BCUT2D eigenvalue weighted by Gasteiger charge is -2.41. The SMILES string of the molecule is Nc1ccc(C(=O)N2CCC(CO)(c3ccccc3)CC2)cc1. The molecule has 1 aliphatic heterocycles. The molecule has 1 fully saturated rings. The summed E-state index contributed by atoms with van der Waals surface area (Å²) in [5, 5.41) is 9.95. The zero-order valence-electron chi connectivity index (χ0n) is 13.1. The minimum absolute atomic E-state index is 0.0320. The van der Waals surface area contributed by atoms with Crippen molar-refractivity contribution >= 4 is 11.6 Å². The highest BCUT2D eigenvalue weighted by atomic mass is 16.3. The summed E-state index contributed by atoms with van der Waals surface area (Å²) in [5.41, 5.74) is 7.91. The third-order valence-electron chi connectivity index (χ3n) is 4.85. The van der Waals surface area contributed by atoms with Crippen LogP contribution < -0.4 is 5.73 Å². The number of aliphatic hydroxyl groups is 1. The van der Waals surface area contributed by atoms with E-state index in [2.05, 4.69) is 12.1 Å². The average Bonchev–Trinajstić information content (AvgIpc) is 2.62. The second-order valence-corrected chi connectivity index (χ2v) is 6.22. The summed E-state index contributed by atoms with van der Waals surface area (Å²) in [4.78, 5) is 14.4. The number of likely N-dealkylation sites (tertiary alicyclic amines) is 1. The van der Waals surface area contributed by atoms with E-state index in [4.69, 9.17) is 5.73 Å². The van der Waals surface area contributed by atoms with Crippen LogP contribution in [0.15, 0.2) is 54.6 Å². The molecule has 0 aliphatic carbocycles. The van der Waals surface area contributed by atoms with Crippen LogP contribution in [0.1, 0.15) is 28.8 Å². The van der Waals surface area contributed by atoms with Crippen molar-refractivity contribution in [1.29, 1.82) is 0 Å². The molecule has 4 heteroatoms. The molecule has 0 atom stereocenters. The van der Waals surface area contributed by atoms with E-state index in [9.17, 15) is 9.90 Å². The maximum atomic E-state index is 12.6. The summed E-state index contributed by atoms with van der Waals surface area (Å²) in [6, 6.07) is 17.1. The first-order chi connectivity index (χ1) is 11.1. The van der Waals surface area contributed by atoms with Gasteiger partial charge in [0.25, 0.3) is 5.91 Å². The summed E-state index contributed by atoms with van der Waals surface area (Å²) in [6.45, 7) is 1.41. The summed E-state index contributed by atoms with van der Waals surface area (Å²) in [7, 11) is 0. The molecule has 0 spiro atoms. The van der Waals surface area contributed by atoms with Gasteiger partial charge in [-0.15, -0.1) is 0 Å². The predicted octanol–water partition coefficient (Wildman–Crippen LogP) is 2.44. The molecular weight excluding hydrogens is 288 g/mol. The number of hydrogen-bond donors (Lipinski definition) is 2. The molecule has 0 aromatic heterocycles. The van der Waals surface area contributed by atoms with Crippen LogP contribution in [0.3, 0.4) is 0 Å². The van der Waals surface area contributed by atoms with E-state index in [0.29, 0.717) is 24.3 Å². The average molecular weight is 310 g/mol. The lowest BCUT2D eigenvalue weighted by molar-refractivity contribution is 0.0594. The van der Waals surface area contributed by atoms with Gasteiger partial charge >= 0.3 is 0 Å². The van der Waals surface area contributed by atoms with Gasteiger partial charge in [0.15, 0.2) is 0 Å². The number of nitrogens with zero attached hydrogens (tertiary/aromatic N) is 1. The number of amides is 1. The van der Waals surface area contributed by atoms with Crippen molar-refractivity contribution in [2.75, 3.05) is 25.4 Å². The molecule has 0 radical (unpaired) electrons. The fraction of sp³-hybridized carbons (Fsp3) is 0.316. The fourth-order valence-corrected chi connectivity index (χ4v) is 3.28. The van der Waals surface area contributed by atoms with Gasteiger partial charge in [0.05, 0.1) is 6.61 Å². The molecule has 2 aromatic rings. The topological polar surface area (TPSA) is 66.6 Å². The molecule has 120 valence electrons. The number of anilines is 1. The first kappa shape index (κ1) is 15.6. The first-order valence-electron chi connectivity index (χ1n) is 7.96. The van der Waals surface area contributed by atoms with Gasteiger partial charge in [-0.1, -0.05) is 30.3 Å². The number of hydrogen-bond acceptors (Lipinski definition) is 3. The second kappa shape index (κ2) is 6.42. The van der Waals surface area contributed by atoms with Gasteiger partial charge in [-0.25, -0.2) is 0 Å². The van der Waals surface area contributed by atoms with Gasteiger partial charge in [-0.05, 0) is 42.7 Å². The smallest absolute Gasteiger partial charge is 0.253 e. The first-order valence-corrected chi connectivity index (χ1v) is 7.96. The van der Waals surface area contributed by atoms with Crippen LogP contribution in [-0.4, -0.2) is 35.6 Å². The lowest BCUT2D eigenvalue weighted by atomic mass is 9.73. The van der Waals surface area contributed by atoms with Crippen LogP contribution in [0, 0.1) is 0 Å². The maximum absolute atomic E-state index is 12.6. The molecular formula is C19H22N2O2. The molecule has 1 heterocycles. The number of carbonyl (C=O) groups is 1. The molecule has 1 amide bonds. The minimum Gasteiger partial charge on any atom is -0.399 e. The van der Waals surface area contributed by atoms with E-state index in [1.54, 1.807) is 24.3 Å². The fourth-order valence-electron chi connectivity index (χ4n) is 3.28. The summed E-state index contributed by atoms with van der Waals surface area (Å²) in [5.74, 6) is 0.0320. The van der Waals surface area contributed by atoms with Crippen molar-refractivity contribution in [1.82, 2.24) is 4.90 Å². The second-order valence-electron chi connectivity index (χ2n) is 6.22. The van der Waals surface area contributed by atoms with E-state index in [1.807, 2.05) is 23.1 Å². The van der Waals surface area contributed by atoms with E-state index in [0.717, 1.165) is 18.4 Å². The van der Waals surface area contributed by atoms with E-state index >= 15 is 0 Å². The molecule has 3 N–H and O–H groups in total. The van der Waals surface area contributed by atoms with Gasteiger partial charge < -0.3 is 15.7 Å². The van der Waals surface area contributed by atoms with Gasteiger partial charge in [0.1, 0.15) is 0 Å². The number of nitrogen functional groups attached to an aromatic ring is 1. The lowest BCUT2D eigenvalue weighted by Crippen LogP contribution is -2.46. The Labute approximate surface area is 136 Å². The Morgan fingerprint density at radius 1 is 1.04 bits per heavy atom. The number of piperidine rings is 1. The van der Waals surface area contributed by atoms with E-state index in [-0.39, 0.29) is 17.9 Å². The predicted molar refractivity (Wildman–Crippen MR) is 91.2 cm³/mol. The molecule has 23 heavy (non-hydrogen) atoms. The molecule has 0 saturated carbocycles. The molecule has 3 rings (SSSR count). The number of benzene rings is 2. The molecule has 4 nitrogen and oxygen atoms in total. The third kappa shape index (κ3) is 3.08. The number of aliphatic hydroxyl groups excluding tert-OH is 1. The molecule has 2 aromatic carbocycles. The molecule has 1 saturated heterocycles. The maximum Gasteiger partial charge on any atom is 0.253 e. The third-order valence-corrected chi connectivity index (χ3v) is 4.85. The Kier molecular flexibility index (Phi) is 4.35. The Hall–Kier alpha value is -2.33. The quantitative estimate of drug-likeness (QED) is 0.856. The molecule has 0 bridgehead atoms. The van der Waals surface area contributed by atoms with Crippen LogP contribution in [0.25, 0.3) is 0 Å². The Balaban J connectivity index is 1.72. The van der Waals surface area contributed by atoms with Gasteiger partial charge in [0.2, 0.25) is 0 Å². The van der Waals surface area contributed by atoms with Crippen LogP contribution in [0.4, 0.5) is 5.69 Å². The van der Waals surface area contributed by atoms with Gasteiger partial charge in [0, 0.05) is 29.8 Å². The van der Waals surface area contributed by atoms with Crippen molar-refractivity contribution in [3.05, 3.63) is 65.7 Å². The monoisotopic (exact) mass is 310 g/mol. The molecule has 1 aliphatic rings. The summed E-state index contributed by atoms with van der Waals surface area (Å²) < 4.78 is 0. The van der Waals surface area contributed by atoms with Crippen LogP contribution in [0.2, 0.25) is 0 Å². The summed E-state index contributed by atoms with van der Waals surface area (Å²) >= 11 is 0. The number of nitrogens with two attached hydrogens (primary N) is 1. The van der Waals surface area contributed by atoms with Crippen molar-refractivity contribution in [3.63, 3.8) is 0 Å². The van der Waals surface area contributed by atoms with Crippen LogP contribution in [0.5, 0.6) is 0 Å². The van der Waals surface area contributed by atoms with Crippen molar-refractivity contribution in [2.24, 2.45) is 0 Å². The number of rotatable bonds is 3. The van der Waals surface area contributed by atoms with E-state index < -0.39 is 0 Å². The zero-order chi connectivity index (χ0) is 16.3. The highest BCUT2D eigenvalue weighted by molar-refractivity contribution is 5.94. The van der Waals surface area contributed by atoms with Crippen molar-refractivity contribution < 1.29 is 9.90 Å². The highest BCUT2D eigenvalue weighted by Gasteiger charge is 2.36. The van der Waals surface area contributed by atoms with Crippen molar-refractivity contribution in [3.8, 4) is 0 Å². The summed E-state index contributed by atoms with van der Waals surface area (Å²) in [6.07, 6.45) is 1.54. The zero-order valence-corrected chi connectivity index (χ0v) is 13.1. The van der Waals surface area contributed by atoms with Crippen LogP contribution in [-0.2, 0) is 5.41 Å². The normalized spacial score (nSPS) is 17.0. The van der Waals surface area contributed by atoms with Crippen LogP contribution >= 0.6 is 0 Å². The number of carbonyl (C=O) groups excluding carboxylic acids is 1. The standard InChI is InChI=1S/C19H22N2O2/c20-17-8-6-15(7-9-17)18(23)21-12-10-19(14-22,11-13-21)16-4-2-1-3-5-16/h1-9,22H,10-14,20H2. The molecule has 0 unspecified atom stereocenters. The van der Waals surface area contributed by atoms with Gasteiger partial charge in [-0.3, -0.25) is 4.79 Å². The Bertz CT molecular complexity index is 660. The van der Waals surface area contributed by atoms with Gasteiger partial charge in [-0.2, -0.15) is 0 Å².